The van der Waals surface area contributed by atoms with E-state index in [0.29, 0.717) is 13.0 Å². The van der Waals surface area contributed by atoms with E-state index in [0.717, 1.165) is 17.0 Å². The monoisotopic (exact) mass is 287 g/mol. The third-order valence-corrected chi connectivity index (χ3v) is 3.22. The minimum absolute atomic E-state index is 0.0759. The molecule has 0 heterocycles. The van der Waals surface area contributed by atoms with Gasteiger partial charge in [0.2, 0.25) is 0 Å². The molecule has 21 heavy (non-hydrogen) atoms. The van der Waals surface area contributed by atoms with Gasteiger partial charge in [-0.3, -0.25) is 4.79 Å². The Bertz CT molecular complexity index is 610. The largest absolute Gasteiger partial charge is 0.497 e. The lowest BCUT2D eigenvalue weighted by atomic mass is 10.1. The summed E-state index contributed by atoms with van der Waals surface area (Å²) in [5.74, 6) is 0.539. The Morgan fingerprint density at radius 1 is 1.19 bits per heavy atom. The summed E-state index contributed by atoms with van der Waals surface area (Å²) in [5, 5.41) is 0. The molecule has 2 rings (SSSR count). The van der Waals surface area contributed by atoms with Crippen molar-refractivity contribution in [3.05, 3.63) is 59.9 Å². The summed E-state index contributed by atoms with van der Waals surface area (Å²) in [5.41, 5.74) is 1.74. The molecule has 2 aromatic rings. The molecule has 2 aromatic carbocycles. The molecule has 0 bridgehead atoms. The third-order valence-electron chi connectivity index (χ3n) is 3.22. The van der Waals surface area contributed by atoms with Gasteiger partial charge in [-0.1, -0.05) is 18.2 Å². The normalized spacial score (nSPS) is 10.2. The van der Waals surface area contributed by atoms with Gasteiger partial charge in [0.25, 0.3) is 0 Å². The number of ketones is 1. The first kappa shape index (κ1) is 15.0. The van der Waals surface area contributed by atoms with Crippen molar-refractivity contribution in [1.82, 2.24) is 0 Å². The maximum atomic E-state index is 12.8. The zero-order valence-electron chi connectivity index (χ0n) is 12.2. The Morgan fingerprint density at radius 3 is 2.57 bits per heavy atom. The van der Waals surface area contributed by atoms with Crippen LogP contribution in [-0.4, -0.2) is 26.5 Å². The summed E-state index contributed by atoms with van der Waals surface area (Å²) in [7, 11) is 3.47. The second-order valence-electron chi connectivity index (χ2n) is 4.90. The van der Waals surface area contributed by atoms with Crippen LogP contribution in [0, 0.1) is 5.82 Å². The molecule has 3 nitrogen and oxygen atoms in total. The molecule has 0 spiro atoms. The number of anilines is 1. The van der Waals surface area contributed by atoms with Gasteiger partial charge in [0.1, 0.15) is 11.6 Å². The summed E-state index contributed by atoms with van der Waals surface area (Å²) >= 11 is 0. The summed E-state index contributed by atoms with van der Waals surface area (Å²) < 4.78 is 18.0. The fourth-order valence-corrected chi connectivity index (χ4v) is 2.09. The van der Waals surface area contributed by atoms with Gasteiger partial charge in [0.15, 0.2) is 5.78 Å². The summed E-state index contributed by atoms with van der Waals surface area (Å²) in [6.07, 6.45) is 0.300. The van der Waals surface area contributed by atoms with Gasteiger partial charge in [-0.15, -0.1) is 0 Å². The van der Waals surface area contributed by atoms with Gasteiger partial charge < -0.3 is 9.64 Å². The van der Waals surface area contributed by atoms with Crippen LogP contribution in [0.25, 0.3) is 0 Å². The van der Waals surface area contributed by atoms with Crippen molar-refractivity contribution in [1.29, 1.82) is 0 Å². The Labute approximate surface area is 124 Å². The highest BCUT2D eigenvalue weighted by molar-refractivity contribution is 5.85. The topological polar surface area (TPSA) is 29.5 Å². The Kier molecular flexibility index (Phi) is 4.93. The predicted molar refractivity (Wildman–Crippen MR) is 81.4 cm³/mol. The summed E-state index contributed by atoms with van der Waals surface area (Å²) in [6, 6.07) is 13.6. The first-order valence-electron chi connectivity index (χ1n) is 6.70. The summed E-state index contributed by atoms with van der Waals surface area (Å²) in [6.45, 7) is 0.296. The number of Topliss-reactive ketones (excluding diaryl/α,β-unsaturated/α-hetero) is 1. The summed E-state index contributed by atoms with van der Waals surface area (Å²) in [4.78, 5) is 13.9. The molecule has 110 valence electrons. The zero-order valence-corrected chi connectivity index (χ0v) is 12.2. The van der Waals surface area contributed by atoms with E-state index in [9.17, 15) is 9.18 Å². The molecule has 0 aromatic heterocycles. The smallest absolute Gasteiger partial charge is 0.156 e. The maximum absolute atomic E-state index is 12.8. The number of carbonyl (C=O) groups excluding carboxylic acids is 1. The number of rotatable bonds is 6. The molecular weight excluding hydrogens is 269 g/mol. The minimum Gasteiger partial charge on any atom is -0.497 e. The highest BCUT2D eigenvalue weighted by Gasteiger charge is 2.09. The molecule has 0 aliphatic heterocycles. The van der Waals surface area contributed by atoms with E-state index in [1.807, 2.05) is 36.2 Å². The second kappa shape index (κ2) is 6.88. The van der Waals surface area contributed by atoms with Gasteiger partial charge in [0.05, 0.1) is 13.7 Å². The van der Waals surface area contributed by atoms with Crippen molar-refractivity contribution in [2.45, 2.75) is 6.42 Å². The highest BCUT2D eigenvalue weighted by Crippen LogP contribution is 2.19. The van der Waals surface area contributed by atoms with Crippen molar-refractivity contribution in [2.24, 2.45) is 0 Å². The number of hydrogen-bond acceptors (Lipinski definition) is 3. The number of nitrogens with zero attached hydrogens (tertiary/aromatic N) is 1. The average molecular weight is 287 g/mol. The first-order chi connectivity index (χ1) is 10.1. The van der Waals surface area contributed by atoms with Crippen molar-refractivity contribution in [2.75, 3.05) is 25.6 Å². The average Bonchev–Trinajstić information content (AvgIpc) is 2.49. The Balaban J connectivity index is 1.96. The van der Waals surface area contributed by atoms with E-state index in [1.54, 1.807) is 19.2 Å². The van der Waals surface area contributed by atoms with Crippen LogP contribution in [0.5, 0.6) is 5.75 Å². The number of methoxy groups -OCH3 is 1. The van der Waals surface area contributed by atoms with Gasteiger partial charge in [-0.25, -0.2) is 4.39 Å². The van der Waals surface area contributed by atoms with Crippen LogP contribution in [0.2, 0.25) is 0 Å². The Morgan fingerprint density at radius 2 is 1.90 bits per heavy atom. The predicted octanol–water partition coefficient (Wildman–Crippen LogP) is 3.08. The minimum atomic E-state index is -0.292. The first-order valence-corrected chi connectivity index (χ1v) is 6.70. The van der Waals surface area contributed by atoms with Crippen LogP contribution >= 0.6 is 0 Å². The fourth-order valence-electron chi connectivity index (χ4n) is 2.09. The van der Waals surface area contributed by atoms with Crippen molar-refractivity contribution >= 4 is 11.5 Å². The van der Waals surface area contributed by atoms with Gasteiger partial charge in [-0.05, 0) is 29.8 Å². The van der Waals surface area contributed by atoms with Crippen molar-refractivity contribution < 1.29 is 13.9 Å². The third kappa shape index (κ3) is 4.31. The molecule has 0 amide bonds. The number of halogens is 1. The number of hydrogen-bond donors (Lipinski definition) is 0. The van der Waals surface area contributed by atoms with E-state index < -0.39 is 0 Å². The molecule has 0 atom stereocenters. The molecule has 0 saturated heterocycles. The number of ether oxygens (including phenoxy) is 1. The van der Waals surface area contributed by atoms with E-state index in [-0.39, 0.29) is 11.6 Å². The molecule has 0 radical (unpaired) electrons. The zero-order chi connectivity index (χ0) is 15.2. The number of carbonyl (C=O) groups is 1. The van der Waals surface area contributed by atoms with E-state index in [1.165, 1.54) is 12.1 Å². The number of likely N-dealkylation sites (N-methyl/N-ethyl adjacent to an activating group) is 1. The van der Waals surface area contributed by atoms with Crippen LogP contribution in [-0.2, 0) is 11.2 Å². The molecule has 0 unspecified atom stereocenters. The van der Waals surface area contributed by atoms with E-state index >= 15 is 0 Å². The van der Waals surface area contributed by atoms with Crippen LogP contribution in [0.1, 0.15) is 5.56 Å². The fraction of sp³-hybridized carbons (Fsp3) is 0.235. The molecule has 0 saturated carbocycles. The van der Waals surface area contributed by atoms with E-state index in [2.05, 4.69) is 0 Å². The molecule has 0 fully saturated rings. The van der Waals surface area contributed by atoms with Crippen LogP contribution in [0.3, 0.4) is 0 Å². The SMILES string of the molecule is COc1cccc(N(C)CC(=O)Cc2ccc(F)cc2)c1. The van der Waals surface area contributed by atoms with Crippen molar-refractivity contribution in [3.63, 3.8) is 0 Å². The quantitative estimate of drug-likeness (QED) is 0.817. The standard InChI is InChI=1S/C17H18FNO2/c1-19(15-4-3-5-17(11-15)21-2)12-16(20)10-13-6-8-14(18)9-7-13/h3-9,11H,10,12H2,1-2H3. The van der Waals surface area contributed by atoms with E-state index in [4.69, 9.17) is 4.74 Å². The molecule has 0 aliphatic carbocycles. The second-order valence-corrected chi connectivity index (χ2v) is 4.90. The van der Waals surface area contributed by atoms with Crippen molar-refractivity contribution in [3.8, 4) is 5.75 Å². The lowest BCUT2D eigenvalue weighted by Gasteiger charge is -2.19. The lowest BCUT2D eigenvalue weighted by Crippen LogP contribution is -2.26. The van der Waals surface area contributed by atoms with Gasteiger partial charge >= 0.3 is 0 Å². The molecular formula is C17H18FNO2. The number of benzene rings is 2. The lowest BCUT2D eigenvalue weighted by molar-refractivity contribution is -0.117. The van der Waals surface area contributed by atoms with Gasteiger partial charge in [0, 0.05) is 25.2 Å². The maximum Gasteiger partial charge on any atom is 0.156 e. The van der Waals surface area contributed by atoms with Crippen LogP contribution in [0.4, 0.5) is 10.1 Å². The molecule has 0 N–H and O–H groups in total. The van der Waals surface area contributed by atoms with Crippen LogP contribution < -0.4 is 9.64 Å². The highest BCUT2D eigenvalue weighted by atomic mass is 19.1. The Hall–Kier alpha value is -2.36. The van der Waals surface area contributed by atoms with Crippen LogP contribution in [0.15, 0.2) is 48.5 Å². The molecule has 4 heteroatoms. The van der Waals surface area contributed by atoms with Gasteiger partial charge in [-0.2, -0.15) is 0 Å². The molecule has 0 aliphatic rings.